The highest BCUT2D eigenvalue weighted by Gasteiger charge is 2.18. The maximum atomic E-state index is 8.92. The summed E-state index contributed by atoms with van der Waals surface area (Å²) in [7, 11) is 0. The van der Waals surface area contributed by atoms with Crippen LogP contribution < -0.4 is 5.32 Å². The fourth-order valence-corrected chi connectivity index (χ4v) is 1.12. The summed E-state index contributed by atoms with van der Waals surface area (Å²) in [6, 6.07) is 0.574. The zero-order valence-electron chi connectivity index (χ0n) is 5.22. The van der Waals surface area contributed by atoms with E-state index in [-0.39, 0.29) is 6.23 Å². The van der Waals surface area contributed by atoms with Gasteiger partial charge in [-0.25, -0.2) is 0 Å². The lowest BCUT2D eigenvalue weighted by Gasteiger charge is -2.05. The number of aliphatic hydroxyl groups excluding tert-OH is 1. The maximum absolute atomic E-state index is 8.92. The van der Waals surface area contributed by atoms with Crippen molar-refractivity contribution in [3.63, 3.8) is 0 Å². The summed E-state index contributed by atoms with van der Waals surface area (Å²) in [6.45, 7) is 2.13. The second-order valence-corrected chi connectivity index (χ2v) is 2.36. The average molecular weight is 115 g/mol. The lowest BCUT2D eigenvalue weighted by Crippen LogP contribution is -2.27. The van der Waals surface area contributed by atoms with E-state index in [1.165, 1.54) is 0 Å². The summed E-state index contributed by atoms with van der Waals surface area (Å²) in [5, 5.41) is 12.0. The van der Waals surface area contributed by atoms with E-state index in [4.69, 9.17) is 5.11 Å². The summed E-state index contributed by atoms with van der Waals surface area (Å²) in [5.74, 6) is 0. The van der Waals surface area contributed by atoms with Crippen LogP contribution in [-0.2, 0) is 0 Å². The van der Waals surface area contributed by atoms with Crippen LogP contribution in [-0.4, -0.2) is 17.4 Å². The van der Waals surface area contributed by atoms with Crippen molar-refractivity contribution in [2.75, 3.05) is 0 Å². The fourth-order valence-electron chi connectivity index (χ4n) is 1.12. The second-order valence-electron chi connectivity index (χ2n) is 2.36. The predicted octanol–water partition coefficient (Wildman–Crippen LogP) is 0.467. The van der Waals surface area contributed by atoms with Crippen LogP contribution >= 0.6 is 0 Å². The van der Waals surface area contributed by atoms with Gasteiger partial charge >= 0.3 is 0 Å². The normalized spacial score (nSPS) is 38.2. The molecule has 0 radical (unpaired) electrons. The molecule has 0 aromatic carbocycles. The Hall–Kier alpha value is -0.0800. The monoisotopic (exact) mass is 115 g/mol. The molecule has 2 heteroatoms. The highest BCUT2D eigenvalue weighted by Crippen LogP contribution is 2.11. The molecule has 1 rings (SSSR count). The third-order valence-electron chi connectivity index (χ3n) is 1.71. The molecule has 1 heterocycles. The second kappa shape index (κ2) is 2.46. The Morgan fingerprint density at radius 1 is 1.62 bits per heavy atom. The molecule has 0 bridgehead atoms. The number of nitrogens with one attached hydrogen (secondary N) is 1. The first-order chi connectivity index (χ1) is 3.83. The van der Waals surface area contributed by atoms with Crippen molar-refractivity contribution in [1.29, 1.82) is 0 Å². The van der Waals surface area contributed by atoms with Crippen molar-refractivity contribution >= 4 is 0 Å². The Morgan fingerprint density at radius 3 is 2.62 bits per heavy atom. The third-order valence-corrected chi connectivity index (χ3v) is 1.71. The quantitative estimate of drug-likeness (QED) is 0.520. The molecule has 1 aliphatic heterocycles. The molecular formula is C6H13NO. The molecule has 2 nitrogen and oxygen atoms in total. The molecule has 0 amide bonds. The third kappa shape index (κ3) is 1.20. The van der Waals surface area contributed by atoms with E-state index >= 15 is 0 Å². The Labute approximate surface area is 49.9 Å². The molecule has 0 aliphatic carbocycles. The predicted molar refractivity (Wildman–Crippen MR) is 32.5 cm³/mol. The molecule has 0 saturated carbocycles. The number of hydrogen-bond acceptors (Lipinski definition) is 2. The smallest absolute Gasteiger partial charge is 0.105 e. The van der Waals surface area contributed by atoms with Crippen LogP contribution in [0.1, 0.15) is 26.2 Å². The summed E-state index contributed by atoms with van der Waals surface area (Å²) in [5.41, 5.74) is 0. The van der Waals surface area contributed by atoms with Crippen LogP contribution in [0.5, 0.6) is 0 Å². The molecule has 0 spiro atoms. The zero-order chi connectivity index (χ0) is 5.98. The van der Waals surface area contributed by atoms with Crippen LogP contribution in [0.2, 0.25) is 0 Å². The van der Waals surface area contributed by atoms with Gasteiger partial charge in [0, 0.05) is 6.04 Å². The van der Waals surface area contributed by atoms with Crippen LogP contribution in [0.4, 0.5) is 0 Å². The Kier molecular flexibility index (Phi) is 1.86. The molecule has 8 heavy (non-hydrogen) atoms. The largest absolute Gasteiger partial charge is 0.379 e. The van der Waals surface area contributed by atoms with Crippen molar-refractivity contribution < 1.29 is 5.11 Å². The molecule has 1 aliphatic rings. The highest BCUT2D eigenvalue weighted by molar-refractivity contribution is 4.75. The van der Waals surface area contributed by atoms with Crippen molar-refractivity contribution in [2.45, 2.75) is 38.5 Å². The van der Waals surface area contributed by atoms with Gasteiger partial charge in [-0.05, 0) is 19.3 Å². The maximum Gasteiger partial charge on any atom is 0.105 e. The van der Waals surface area contributed by atoms with Gasteiger partial charge in [0.25, 0.3) is 0 Å². The molecule has 1 fully saturated rings. The summed E-state index contributed by atoms with van der Waals surface area (Å²) in [6.07, 6.45) is 2.98. The number of aliphatic hydroxyl groups is 1. The molecule has 2 unspecified atom stereocenters. The first-order valence-electron chi connectivity index (χ1n) is 3.27. The molecule has 2 N–H and O–H groups in total. The van der Waals surface area contributed by atoms with Gasteiger partial charge in [-0.15, -0.1) is 0 Å². The Morgan fingerprint density at radius 2 is 2.38 bits per heavy atom. The van der Waals surface area contributed by atoms with Crippen LogP contribution in [0.15, 0.2) is 0 Å². The van der Waals surface area contributed by atoms with E-state index in [1.807, 2.05) is 0 Å². The summed E-state index contributed by atoms with van der Waals surface area (Å²) >= 11 is 0. The van der Waals surface area contributed by atoms with Crippen molar-refractivity contribution in [1.82, 2.24) is 5.32 Å². The Balaban J connectivity index is 2.22. The van der Waals surface area contributed by atoms with Crippen LogP contribution in [0, 0.1) is 0 Å². The van der Waals surface area contributed by atoms with Crippen molar-refractivity contribution in [3.8, 4) is 0 Å². The van der Waals surface area contributed by atoms with Gasteiger partial charge in [0.1, 0.15) is 6.23 Å². The lowest BCUT2D eigenvalue weighted by atomic mass is 10.2. The van der Waals surface area contributed by atoms with Gasteiger partial charge in [0.05, 0.1) is 0 Å². The molecule has 0 aromatic heterocycles. The van der Waals surface area contributed by atoms with E-state index in [9.17, 15) is 0 Å². The number of hydrogen-bond donors (Lipinski definition) is 2. The molecule has 1 saturated heterocycles. The van der Waals surface area contributed by atoms with Gasteiger partial charge in [-0.3, -0.25) is 5.32 Å². The Bertz CT molecular complexity index is 74.9. The van der Waals surface area contributed by atoms with E-state index in [0.717, 1.165) is 19.3 Å². The van der Waals surface area contributed by atoms with E-state index in [2.05, 4.69) is 12.2 Å². The molecule has 48 valence electrons. The minimum Gasteiger partial charge on any atom is -0.379 e. The first kappa shape index (κ1) is 6.05. The average Bonchev–Trinajstić information content (AvgIpc) is 2.14. The van der Waals surface area contributed by atoms with Gasteiger partial charge in [-0.1, -0.05) is 6.92 Å². The SMILES string of the molecule is CCC1CCC(O)N1. The van der Waals surface area contributed by atoms with E-state index < -0.39 is 0 Å². The van der Waals surface area contributed by atoms with Crippen LogP contribution in [0.3, 0.4) is 0 Å². The lowest BCUT2D eigenvalue weighted by molar-refractivity contribution is 0.154. The minimum absolute atomic E-state index is 0.222. The first-order valence-corrected chi connectivity index (χ1v) is 3.27. The van der Waals surface area contributed by atoms with Gasteiger partial charge in [0.2, 0.25) is 0 Å². The molecule has 0 aromatic rings. The van der Waals surface area contributed by atoms with Gasteiger partial charge < -0.3 is 5.11 Å². The summed E-state index contributed by atoms with van der Waals surface area (Å²) in [4.78, 5) is 0. The van der Waals surface area contributed by atoms with E-state index in [0.29, 0.717) is 6.04 Å². The van der Waals surface area contributed by atoms with Crippen molar-refractivity contribution in [3.05, 3.63) is 0 Å². The number of rotatable bonds is 1. The zero-order valence-corrected chi connectivity index (χ0v) is 5.22. The standard InChI is InChI=1S/C6H13NO/c1-2-5-3-4-6(8)7-5/h5-8H,2-4H2,1H3. The molecule has 2 atom stereocenters. The van der Waals surface area contributed by atoms with Gasteiger partial charge in [-0.2, -0.15) is 0 Å². The van der Waals surface area contributed by atoms with Gasteiger partial charge in [0.15, 0.2) is 0 Å². The highest BCUT2D eigenvalue weighted by atomic mass is 16.3. The fraction of sp³-hybridized carbons (Fsp3) is 1.00. The summed E-state index contributed by atoms with van der Waals surface area (Å²) < 4.78 is 0. The van der Waals surface area contributed by atoms with Crippen LogP contribution in [0.25, 0.3) is 0 Å². The minimum atomic E-state index is -0.222. The van der Waals surface area contributed by atoms with Crippen molar-refractivity contribution in [2.24, 2.45) is 0 Å². The topological polar surface area (TPSA) is 32.3 Å². The molecular weight excluding hydrogens is 102 g/mol. The van der Waals surface area contributed by atoms with E-state index in [1.54, 1.807) is 0 Å².